The molecule has 0 aliphatic heterocycles. The van der Waals surface area contributed by atoms with Crippen molar-refractivity contribution in [3.8, 4) is 0 Å². The molecule has 2 bridgehead atoms. The molecule has 2 heteroatoms. The molecule has 0 spiro atoms. The van der Waals surface area contributed by atoms with Crippen LogP contribution < -0.4 is 5.32 Å². The molecule has 0 aromatic rings. The number of nitrogens with one attached hydrogen (secondary N) is 1. The number of carbonyl (C=O) groups is 1. The summed E-state index contributed by atoms with van der Waals surface area (Å²) in [5.41, 5.74) is 1.56. The van der Waals surface area contributed by atoms with E-state index in [9.17, 15) is 4.79 Å². The monoisotopic (exact) mass is 261 g/mol. The molecule has 3 aliphatic rings. The van der Waals surface area contributed by atoms with Crippen LogP contribution in [0.4, 0.5) is 0 Å². The first kappa shape index (κ1) is 13.2. The Morgan fingerprint density at radius 1 is 1.26 bits per heavy atom. The third-order valence-corrected chi connectivity index (χ3v) is 5.49. The van der Waals surface area contributed by atoms with Crippen molar-refractivity contribution in [3.05, 3.63) is 11.6 Å². The van der Waals surface area contributed by atoms with Gasteiger partial charge in [-0.25, -0.2) is 0 Å². The summed E-state index contributed by atoms with van der Waals surface area (Å²) < 4.78 is 0. The first-order valence-electron chi connectivity index (χ1n) is 8.26. The lowest BCUT2D eigenvalue weighted by molar-refractivity contribution is -0.122. The molecular formula is C17H27NO. The Hall–Kier alpha value is -0.790. The molecular weight excluding hydrogens is 234 g/mol. The van der Waals surface area contributed by atoms with Crippen molar-refractivity contribution in [3.63, 3.8) is 0 Å². The molecule has 2 fully saturated rings. The molecule has 0 aromatic carbocycles. The molecule has 0 heterocycles. The third-order valence-electron chi connectivity index (χ3n) is 5.49. The zero-order chi connectivity index (χ0) is 13.1. The molecule has 1 N–H and O–H groups in total. The lowest BCUT2D eigenvalue weighted by Gasteiger charge is -2.21. The summed E-state index contributed by atoms with van der Waals surface area (Å²) in [5, 5.41) is 3.14. The van der Waals surface area contributed by atoms with Gasteiger partial charge in [0.15, 0.2) is 0 Å². The second-order valence-electron chi connectivity index (χ2n) is 6.85. The lowest BCUT2D eigenvalue weighted by Crippen LogP contribution is -2.28. The zero-order valence-electron chi connectivity index (χ0n) is 12.0. The number of fused-ring (bicyclic) bond motifs is 2. The SMILES string of the molecule is O=C(C[C@@H]1C[C@@H]2CC[C@@H]1C2)NCCC1=CCCCC1. The van der Waals surface area contributed by atoms with E-state index in [2.05, 4.69) is 11.4 Å². The number of carbonyl (C=O) groups excluding carboxylic acids is 1. The van der Waals surface area contributed by atoms with Gasteiger partial charge in [-0.05, 0) is 69.1 Å². The molecule has 0 aromatic heterocycles. The largest absolute Gasteiger partial charge is 0.356 e. The van der Waals surface area contributed by atoms with E-state index >= 15 is 0 Å². The first-order chi connectivity index (χ1) is 9.31. The van der Waals surface area contributed by atoms with Crippen molar-refractivity contribution in [2.24, 2.45) is 17.8 Å². The normalized spacial score (nSPS) is 33.3. The van der Waals surface area contributed by atoms with Crippen molar-refractivity contribution in [2.45, 2.75) is 64.2 Å². The van der Waals surface area contributed by atoms with Gasteiger partial charge in [0.1, 0.15) is 0 Å². The van der Waals surface area contributed by atoms with Crippen LogP contribution in [0.25, 0.3) is 0 Å². The quantitative estimate of drug-likeness (QED) is 0.749. The number of rotatable bonds is 5. The van der Waals surface area contributed by atoms with E-state index in [1.54, 1.807) is 5.57 Å². The maximum atomic E-state index is 12.0. The molecule has 2 nitrogen and oxygen atoms in total. The highest BCUT2D eigenvalue weighted by Gasteiger charge is 2.39. The molecule has 3 atom stereocenters. The van der Waals surface area contributed by atoms with Crippen molar-refractivity contribution >= 4 is 5.91 Å². The summed E-state index contributed by atoms with van der Waals surface area (Å²) in [6.45, 7) is 0.853. The summed E-state index contributed by atoms with van der Waals surface area (Å²) >= 11 is 0. The minimum atomic E-state index is 0.300. The van der Waals surface area contributed by atoms with E-state index in [1.165, 1.54) is 51.4 Å². The predicted octanol–water partition coefficient (Wildman–Crippen LogP) is 3.82. The van der Waals surface area contributed by atoms with Crippen molar-refractivity contribution in [1.82, 2.24) is 5.32 Å². The summed E-state index contributed by atoms with van der Waals surface area (Å²) in [6, 6.07) is 0. The van der Waals surface area contributed by atoms with Gasteiger partial charge >= 0.3 is 0 Å². The van der Waals surface area contributed by atoms with Gasteiger partial charge in [-0.1, -0.05) is 18.1 Å². The molecule has 1 amide bonds. The lowest BCUT2D eigenvalue weighted by atomic mass is 9.86. The molecule has 0 saturated heterocycles. The topological polar surface area (TPSA) is 29.1 Å². The summed E-state index contributed by atoms with van der Waals surface area (Å²) in [6.07, 6.45) is 15.0. The third kappa shape index (κ3) is 3.40. The van der Waals surface area contributed by atoms with Gasteiger partial charge in [0, 0.05) is 13.0 Å². The Balaban J connectivity index is 1.34. The van der Waals surface area contributed by atoms with E-state index < -0.39 is 0 Å². The number of hydrogen-bond donors (Lipinski definition) is 1. The maximum Gasteiger partial charge on any atom is 0.220 e. The Kier molecular flexibility index (Phi) is 4.24. The van der Waals surface area contributed by atoms with E-state index in [0.717, 1.165) is 31.2 Å². The molecule has 3 rings (SSSR count). The van der Waals surface area contributed by atoms with Crippen LogP contribution in [0.15, 0.2) is 11.6 Å². The van der Waals surface area contributed by atoms with E-state index in [-0.39, 0.29) is 0 Å². The average Bonchev–Trinajstić information content (AvgIpc) is 3.02. The fourth-order valence-corrected chi connectivity index (χ4v) is 4.43. The van der Waals surface area contributed by atoms with Gasteiger partial charge in [-0.2, -0.15) is 0 Å². The molecule has 2 saturated carbocycles. The molecule has 0 unspecified atom stereocenters. The van der Waals surface area contributed by atoms with Crippen molar-refractivity contribution in [1.29, 1.82) is 0 Å². The Bertz CT molecular complexity index is 360. The van der Waals surface area contributed by atoms with Gasteiger partial charge in [-0.3, -0.25) is 4.79 Å². The van der Waals surface area contributed by atoms with Gasteiger partial charge < -0.3 is 5.32 Å². The van der Waals surface area contributed by atoms with Crippen LogP contribution >= 0.6 is 0 Å². The van der Waals surface area contributed by atoms with Gasteiger partial charge in [0.25, 0.3) is 0 Å². The Morgan fingerprint density at radius 2 is 2.21 bits per heavy atom. The van der Waals surface area contributed by atoms with Gasteiger partial charge in [0.05, 0.1) is 0 Å². The number of allylic oxidation sites excluding steroid dienone is 1. The van der Waals surface area contributed by atoms with E-state index in [1.807, 2.05) is 0 Å². The van der Waals surface area contributed by atoms with Crippen LogP contribution in [-0.4, -0.2) is 12.5 Å². The Labute approximate surface area is 117 Å². The minimum absolute atomic E-state index is 0.300. The smallest absolute Gasteiger partial charge is 0.220 e. The van der Waals surface area contributed by atoms with E-state index in [4.69, 9.17) is 0 Å². The highest BCUT2D eigenvalue weighted by molar-refractivity contribution is 5.76. The van der Waals surface area contributed by atoms with Crippen LogP contribution in [-0.2, 0) is 4.79 Å². The summed E-state index contributed by atoms with van der Waals surface area (Å²) in [5.74, 6) is 2.83. The van der Waals surface area contributed by atoms with Gasteiger partial charge in [-0.15, -0.1) is 0 Å². The molecule has 106 valence electrons. The van der Waals surface area contributed by atoms with Crippen LogP contribution in [0.2, 0.25) is 0 Å². The highest BCUT2D eigenvalue weighted by Crippen LogP contribution is 2.49. The van der Waals surface area contributed by atoms with Crippen LogP contribution in [0.1, 0.15) is 64.2 Å². The fourth-order valence-electron chi connectivity index (χ4n) is 4.43. The zero-order valence-corrected chi connectivity index (χ0v) is 12.0. The summed E-state index contributed by atoms with van der Waals surface area (Å²) in [4.78, 5) is 12.0. The highest BCUT2D eigenvalue weighted by atomic mass is 16.1. The number of amides is 1. The second kappa shape index (κ2) is 6.11. The standard InChI is InChI=1S/C17H27NO/c19-17(12-16-11-14-6-7-15(16)10-14)18-9-8-13-4-2-1-3-5-13/h4,14-16H,1-3,5-12H2,(H,18,19)/t14-,15-,16+/m1/s1. The molecule has 3 aliphatic carbocycles. The summed E-state index contributed by atoms with van der Waals surface area (Å²) in [7, 11) is 0. The number of hydrogen-bond acceptors (Lipinski definition) is 1. The first-order valence-corrected chi connectivity index (χ1v) is 8.26. The second-order valence-corrected chi connectivity index (χ2v) is 6.85. The average molecular weight is 261 g/mol. The maximum absolute atomic E-state index is 12.0. The molecule has 19 heavy (non-hydrogen) atoms. The van der Waals surface area contributed by atoms with Crippen molar-refractivity contribution < 1.29 is 4.79 Å². The Morgan fingerprint density at radius 3 is 2.89 bits per heavy atom. The van der Waals surface area contributed by atoms with E-state index in [0.29, 0.717) is 11.8 Å². The predicted molar refractivity (Wildman–Crippen MR) is 77.7 cm³/mol. The van der Waals surface area contributed by atoms with Crippen LogP contribution in [0.3, 0.4) is 0 Å². The molecule has 0 radical (unpaired) electrons. The van der Waals surface area contributed by atoms with Gasteiger partial charge in [0.2, 0.25) is 5.91 Å². The van der Waals surface area contributed by atoms with Crippen molar-refractivity contribution in [2.75, 3.05) is 6.54 Å². The fraction of sp³-hybridized carbons (Fsp3) is 0.824. The minimum Gasteiger partial charge on any atom is -0.356 e. The van der Waals surface area contributed by atoms with Crippen LogP contribution in [0.5, 0.6) is 0 Å². The van der Waals surface area contributed by atoms with Crippen LogP contribution in [0, 0.1) is 17.8 Å².